The molecule has 1 saturated heterocycles. The number of carbonyl (C=O) groups excluding carboxylic acids is 1. The summed E-state index contributed by atoms with van der Waals surface area (Å²) >= 11 is 3.55. The highest BCUT2D eigenvalue weighted by Crippen LogP contribution is 2.24. The van der Waals surface area contributed by atoms with E-state index < -0.39 is 0 Å². The topological polar surface area (TPSA) is 32.3 Å². The molecule has 0 radical (unpaired) electrons. The molecule has 1 aromatic rings. The molecule has 0 saturated carbocycles. The first-order valence-corrected chi connectivity index (χ1v) is 8.20. The van der Waals surface area contributed by atoms with Gasteiger partial charge in [-0.05, 0) is 47.2 Å². The maximum absolute atomic E-state index is 11.8. The van der Waals surface area contributed by atoms with Crippen molar-refractivity contribution in [3.63, 3.8) is 0 Å². The third-order valence-corrected chi connectivity index (χ3v) is 4.33. The van der Waals surface area contributed by atoms with Crippen LogP contribution in [0.25, 0.3) is 0 Å². The Kier molecular flexibility index (Phi) is 4.88. The third kappa shape index (κ3) is 3.24. The molecular weight excluding hydrogens is 252 g/mol. The quantitative estimate of drug-likeness (QED) is 0.805. The second-order valence-corrected chi connectivity index (χ2v) is 5.89. The summed E-state index contributed by atoms with van der Waals surface area (Å²) in [6.07, 6.45) is 4.50. The number of hydrogen-bond acceptors (Lipinski definition) is 4. The molecule has 0 bridgehead atoms. The predicted octanol–water partition coefficient (Wildman–Crippen LogP) is 2.32. The first-order valence-electron chi connectivity index (χ1n) is 5.87. The van der Waals surface area contributed by atoms with Gasteiger partial charge in [-0.3, -0.25) is 10.1 Å². The van der Waals surface area contributed by atoms with Crippen molar-refractivity contribution in [1.29, 1.82) is 0 Å². The molecule has 3 nitrogen and oxygen atoms in total. The molecule has 2 rings (SSSR count). The number of thioether (sulfide) groups is 1. The van der Waals surface area contributed by atoms with Crippen molar-refractivity contribution in [2.45, 2.75) is 19.0 Å². The van der Waals surface area contributed by atoms with Crippen molar-refractivity contribution in [3.8, 4) is 0 Å². The molecule has 1 atom stereocenters. The summed E-state index contributed by atoms with van der Waals surface area (Å²) in [6, 6.07) is 2.09. The van der Waals surface area contributed by atoms with Gasteiger partial charge in [0.2, 0.25) is 5.91 Å². The van der Waals surface area contributed by atoms with E-state index in [4.69, 9.17) is 0 Å². The van der Waals surface area contributed by atoms with Crippen LogP contribution >= 0.6 is 23.1 Å². The second-order valence-electron chi connectivity index (χ2n) is 4.13. The summed E-state index contributed by atoms with van der Waals surface area (Å²) in [6.45, 7) is 1.34. The van der Waals surface area contributed by atoms with Crippen LogP contribution in [0, 0.1) is 0 Å². The molecule has 1 unspecified atom stereocenters. The van der Waals surface area contributed by atoms with Gasteiger partial charge in [0.25, 0.3) is 0 Å². The maximum atomic E-state index is 11.8. The molecule has 94 valence electrons. The van der Waals surface area contributed by atoms with Gasteiger partial charge in [-0.15, -0.1) is 0 Å². The summed E-state index contributed by atoms with van der Waals surface area (Å²) in [5.41, 5.74) is 1.21. The van der Waals surface area contributed by atoms with E-state index >= 15 is 0 Å². The van der Waals surface area contributed by atoms with E-state index in [-0.39, 0.29) is 12.1 Å². The van der Waals surface area contributed by atoms with Gasteiger partial charge < -0.3 is 4.90 Å². The molecule has 1 amide bonds. The van der Waals surface area contributed by atoms with E-state index in [0.29, 0.717) is 6.54 Å². The molecule has 1 fully saturated rings. The first kappa shape index (κ1) is 12.9. The van der Waals surface area contributed by atoms with Gasteiger partial charge in [0.05, 0.1) is 6.54 Å². The largest absolute Gasteiger partial charge is 0.322 e. The molecule has 1 aliphatic rings. The van der Waals surface area contributed by atoms with Gasteiger partial charge in [0, 0.05) is 6.54 Å². The summed E-state index contributed by atoms with van der Waals surface area (Å²) in [7, 11) is 0. The average molecular weight is 270 g/mol. The van der Waals surface area contributed by atoms with Gasteiger partial charge in [-0.25, -0.2) is 0 Å². The highest BCUT2D eigenvalue weighted by atomic mass is 32.2. The number of hydrogen-bond donors (Lipinski definition) is 1. The molecular formula is C12H18N2OS2. The normalized spacial score (nSPS) is 20.2. The van der Waals surface area contributed by atoms with E-state index in [9.17, 15) is 4.79 Å². The van der Waals surface area contributed by atoms with Crippen LogP contribution in [0.4, 0.5) is 0 Å². The minimum Gasteiger partial charge on any atom is -0.322 e. The van der Waals surface area contributed by atoms with Crippen LogP contribution in [0.5, 0.6) is 0 Å². The SMILES string of the molecule is CSCCCCN1C(=O)CNC1c1ccsc1. The predicted molar refractivity (Wildman–Crippen MR) is 74.4 cm³/mol. The molecule has 5 heteroatoms. The Morgan fingerprint density at radius 2 is 2.47 bits per heavy atom. The van der Waals surface area contributed by atoms with E-state index in [1.54, 1.807) is 11.3 Å². The Morgan fingerprint density at radius 3 is 3.18 bits per heavy atom. The Morgan fingerprint density at radius 1 is 1.59 bits per heavy atom. The van der Waals surface area contributed by atoms with Crippen molar-refractivity contribution >= 4 is 29.0 Å². The zero-order chi connectivity index (χ0) is 12.1. The van der Waals surface area contributed by atoms with Crippen LogP contribution in [-0.2, 0) is 4.79 Å². The number of unbranched alkanes of at least 4 members (excludes halogenated alkanes) is 1. The monoisotopic (exact) mass is 270 g/mol. The minimum absolute atomic E-state index is 0.100. The van der Waals surface area contributed by atoms with Gasteiger partial charge in [0.1, 0.15) is 6.17 Å². The van der Waals surface area contributed by atoms with Crippen LogP contribution in [-0.4, -0.2) is 35.9 Å². The van der Waals surface area contributed by atoms with E-state index in [2.05, 4.69) is 28.4 Å². The number of amides is 1. The number of thiophene rings is 1. The number of nitrogens with one attached hydrogen (secondary N) is 1. The van der Waals surface area contributed by atoms with Crippen LogP contribution in [0.15, 0.2) is 16.8 Å². The van der Waals surface area contributed by atoms with Crippen LogP contribution < -0.4 is 5.32 Å². The average Bonchev–Trinajstić information content (AvgIpc) is 2.94. The Bertz CT molecular complexity index is 353. The molecule has 0 aromatic carbocycles. The summed E-state index contributed by atoms with van der Waals surface area (Å²) in [4.78, 5) is 13.8. The Balaban J connectivity index is 1.90. The number of rotatable bonds is 6. The van der Waals surface area contributed by atoms with Gasteiger partial charge in [0.15, 0.2) is 0 Å². The van der Waals surface area contributed by atoms with Crippen molar-refractivity contribution < 1.29 is 4.79 Å². The molecule has 1 N–H and O–H groups in total. The first-order chi connectivity index (χ1) is 8.33. The standard InChI is InChI=1S/C12H18N2OS2/c1-16-6-3-2-5-14-11(15)8-13-12(14)10-4-7-17-9-10/h4,7,9,12-13H,2-3,5-6,8H2,1H3. The van der Waals surface area contributed by atoms with Gasteiger partial charge >= 0.3 is 0 Å². The zero-order valence-electron chi connectivity index (χ0n) is 10.0. The Labute approximate surface area is 111 Å². The maximum Gasteiger partial charge on any atom is 0.238 e. The van der Waals surface area contributed by atoms with E-state index in [1.165, 1.54) is 17.7 Å². The highest BCUT2D eigenvalue weighted by molar-refractivity contribution is 7.98. The fourth-order valence-corrected chi connectivity index (χ4v) is 3.22. The van der Waals surface area contributed by atoms with Crippen molar-refractivity contribution in [2.75, 3.05) is 25.1 Å². The molecule has 0 aliphatic carbocycles. The van der Waals surface area contributed by atoms with Crippen molar-refractivity contribution in [3.05, 3.63) is 22.4 Å². The highest BCUT2D eigenvalue weighted by Gasteiger charge is 2.30. The third-order valence-electron chi connectivity index (χ3n) is 2.94. The lowest BCUT2D eigenvalue weighted by Crippen LogP contribution is -2.31. The van der Waals surface area contributed by atoms with Crippen molar-refractivity contribution in [2.24, 2.45) is 0 Å². The van der Waals surface area contributed by atoms with Crippen molar-refractivity contribution in [1.82, 2.24) is 10.2 Å². The Hall–Kier alpha value is -0.520. The van der Waals surface area contributed by atoms with Crippen LogP contribution in [0.1, 0.15) is 24.6 Å². The zero-order valence-corrected chi connectivity index (χ0v) is 11.6. The molecule has 1 aliphatic heterocycles. The fraction of sp³-hybridized carbons (Fsp3) is 0.583. The van der Waals surface area contributed by atoms with Gasteiger partial charge in [-0.1, -0.05) is 0 Å². The van der Waals surface area contributed by atoms with Gasteiger partial charge in [-0.2, -0.15) is 23.1 Å². The molecule has 0 spiro atoms. The lowest BCUT2D eigenvalue weighted by molar-refractivity contribution is -0.128. The number of nitrogens with zero attached hydrogens (tertiary/aromatic N) is 1. The molecule has 1 aromatic heterocycles. The molecule has 17 heavy (non-hydrogen) atoms. The second kappa shape index (κ2) is 6.42. The molecule has 2 heterocycles. The minimum atomic E-state index is 0.100. The smallest absolute Gasteiger partial charge is 0.238 e. The van der Waals surface area contributed by atoms with Crippen LogP contribution in [0.2, 0.25) is 0 Å². The lowest BCUT2D eigenvalue weighted by atomic mass is 10.2. The summed E-state index contributed by atoms with van der Waals surface area (Å²) in [5.74, 6) is 1.41. The summed E-state index contributed by atoms with van der Waals surface area (Å²) < 4.78 is 0. The lowest BCUT2D eigenvalue weighted by Gasteiger charge is -2.23. The van der Waals surface area contributed by atoms with Crippen LogP contribution in [0.3, 0.4) is 0 Å². The number of carbonyl (C=O) groups is 1. The fourth-order valence-electron chi connectivity index (χ4n) is 2.05. The summed E-state index contributed by atoms with van der Waals surface area (Å²) in [5, 5.41) is 7.46. The van der Waals surface area contributed by atoms with E-state index in [1.807, 2.05) is 16.7 Å². The van der Waals surface area contributed by atoms with E-state index in [0.717, 1.165) is 13.0 Å².